The maximum absolute atomic E-state index is 5.34. The lowest BCUT2D eigenvalue weighted by molar-refractivity contribution is 0.355. The Morgan fingerprint density at radius 3 is 2.44 bits per heavy atom. The zero-order valence-electron chi connectivity index (χ0n) is 15.1. The first-order valence-electron chi connectivity index (χ1n) is 8.79. The van der Waals surface area contributed by atoms with Gasteiger partial charge in [0.15, 0.2) is 11.5 Å². The van der Waals surface area contributed by atoms with E-state index in [4.69, 9.17) is 9.47 Å². The molecule has 0 radical (unpaired) electrons. The van der Waals surface area contributed by atoms with Gasteiger partial charge < -0.3 is 20.1 Å². The summed E-state index contributed by atoms with van der Waals surface area (Å²) in [6.07, 6.45) is 6.34. The summed E-state index contributed by atoms with van der Waals surface area (Å²) in [6.45, 7) is 1.98. The van der Waals surface area contributed by atoms with Crippen LogP contribution in [0.2, 0.25) is 0 Å². The summed E-state index contributed by atoms with van der Waals surface area (Å²) < 4.78 is 10.6. The van der Waals surface area contributed by atoms with Crippen molar-refractivity contribution in [2.75, 3.05) is 24.9 Å². The molecule has 6 heteroatoms. The monoisotopic (exact) mass is 342 g/mol. The van der Waals surface area contributed by atoms with Gasteiger partial charge in [0.05, 0.1) is 14.2 Å². The summed E-state index contributed by atoms with van der Waals surface area (Å²) in [5.41, 5.74) is 1.78. The third kappa shape index (κ3) is 4.53. The van der Waals surface area contributed by atoms with Crippen LogP contribution in [-0.4, -0.2) is 30.2 Å². The Hall–Kier alpha value is -2.50. The minimum Gasteiger partial charge on any atom is -0.493 e. The number of methoxy groups -OCH3 is 2. The molecule has 0 unspecified atom stereocenters. The third-order valence-corrected chi connectivity index (χ3v) is 4.45. The Labute approximate surface area is 149 Å². The predicted octanol–water partition coefficient (Wildman–Crippen LogP) is 4.29. The highest BCUT2D eigenvalue weighted by atomic mass is 16.5. The summed E-state index contributed by atoms with van der Waals surface area (Å²) in [5.74, 6) is 2.81. The molecule has 134 valence electrons. The smallest absolute Gasteiger partial charge is 0.229 e. The summed E-state index contributed by atoms with van der Waals surface area (Å²) in [5, 5.41) is 6.80. The van der Waals surface area contributed by atoms with Crippen molar-refractivity contribution in [3.05, 3.63) is 30.0 Å². The van der Waals surface area contributed by atoms with Crippen LogP contribution in [0.15, 0.2) is 24.3 Å². The van der Waals surface area contributed by atoms with E-state index in [1.165, 1.54) is 32.1 Å². The second kappa shape index (κ2) is 8.05. The normalized spacial score (nSPS) is 14.8. The van der Waals surface area contributed by atoms with Crippen molar-refractivity contribution in [2.24, 2.45) is 0 Å². The summed E-state index contributed by atoms with van der Waals surface area (Å²) in [6, 6.07) is 8.16. The number of ether oxygens (including phenoxy) is 2. The van der Waals surface area contributed by atoms with Crippen molar-refractivity contribution >= 4 is 17.5 Å². The number of benzene rings is 1. The van der Waals surface area contributed by atoms with E-state index in [0.29, 0.717) is 23.5 Å². The molecule has 1 aliphatic rings. The van der Waals surface area contributed by atoms with Gasteiger partial charge in [-0.2, -0.15) is 4.98 Å². The van der Waals surface area contributed by atoms with Gasteiger partial charge in [0.25, 0.3) is 0 Å². The molecule has 0 saturated heterocycles. The van der Waals surface area contributed by atoms with Gasteiger partial charge in [-0.15, -0.1) is 0 Å². The predicted molar refractivity (Wildman–Crippen MR) is 100 cm³/mol. The highest BCUT2D eigenvalue weighted by Crippen LogP contribution is 2.31. The van der Waals surface area contributed by atoms with E-state index in [1.54, 1.807) is 14.2 Å². The van der Waals surface area contributed by atoms with E-state index < -0.39 is 0 Å². The van der Waals surface area contributed by atoms with Crippen molar-refractivity contribution < 1.29 is 9.47 Å². The maximum Gasteiger partial charge on any atom is 0.229 e. The molecule has 1 heterocycles. The van der Waals surface area contributed by atoms with Crippen LogP contribution in [0.1, 0.15) is 37.8 Å². The molecule has 2 N–H and O–H groups in total. The summed E-state index contributed by atoms with van der Waals surface area (Å²) in [4.78, 5) is 9.10. The molecular weight excluding hydrogens is 316 g/mol. The van der Waals surface area contributed by atoms with Crippen LogP contribution in [0.3, 0.4) is 0 Å². The molecule has 1 aromatic heterocycles. The van der Waals surface area contributed by atoms with Crippen LogP contribution in [0.4, 0.5) is 17.5 Å². The van der Waals surface area contributed by atoms with Gasteiger partial charge in [0, 0.05) is 29.6 Å². The second-order valence-corrected chi connectivity index (χ2v) is 6.39. The van der Waals surface area contributed by atoms with Gasteiger partial charge in [-0.1, -0.05) is 19.3 Å². The third-order valence-electron chi connectivity index (χ3n) is 4.45. The molecule has 0 spiro atoms. The number of aromatic nitrogens is 2. The van der Waals surface area contributed by atoms with Gasteiger partial charge in [-0.25, -0.2) is 4.98 Å². The van der Waals surface area contributed by atoms with Crippen LogP contribution in [-0.2, 0) is 0 Å². The lowest BCUT2D eigenvalue weighted by Crippen LogP contribution is -2.23. The topological polar surface area (TPSA) is 68.3 Å². The van der Waals surface area contributed by atoms with Crippen LogP contribution in [0.5, 0.6) is 11.5 Å². The first-order chi connectivity index (χ1) is 12.2. The Bertz CT molecular complexity index is 715. The highest BCUT2D eigenvalue weighted by molar-refractivity contribution is 5.60. The van der Waals surface area contributed by atoms with Crippen molar-refractivity contribution in [1.82, 2.24) is 9.97 Å². The summed E-state index contributed by atoms with van der Waals surface area (Å²) >= 11 is 0. The second-order valence-electron chi connectivity index (χ2n) is 6.39. The summed E-state index contributed by atoms with van der Waals surface area (Å²) in [7, 11) is 3.24. The molecule has 6 nitrogen and oxygen atoms in total. The Balaban J connectivity index is 1.75. The largest absolute Gasteiger partial charge is 0.493 e. The van der Waals surface area contributed by atoms with E-state index in [2.05, 4.69) is 20.6 Å². The zero-order chi connectivity index (χ0) is 17.6. The first kappa shape index (κ1) is 17.3. The van der Waals surface area contributed by atoms with Gasteiger partial charge in [-0.3, -0.25) is 0 Å². The van der Waals surface area contributed by atoms with Gasteiger partial charge in [-0.05, 0) is 31.9 Å². The number of nitrogens with zero attached hydrogens (tertiary/aromatic N) is 2. The highest BCUT2D eigenvalue weighted by Gasteiger charge is 2.14. The average Bonchev–Trinajstić information content (AvgIpc) is 2.62. The van der Waals surface area contributed by atoms with Crippen molar-refractivity contribution in [3.63, 3.8) is 0 Å². The fraction of sp³-hybridized carbons (Fsp3) is 0.474. The number of nitrogens with one attached hydrogen (secondary N) is 2. The molecule has 1 aromatic carbocycles. The van der Waals surface area contributed by atoms with Crippen molar-refractivity contribution in [1.29, 1.82) is 0 Å². The first-order valence-corrected chi connectivity index (χ1v) is 8.79. The van der Waals surface area contributed by atoms with Gasteiger partial charge in [0.2, 0.25) is 5.95 Å². The Kier molecular flexibility index (Phi) is 5.58. The molecule has 0 bridgehead atoms. The fourth-order valence-corrected chi connectivity index (χ4v) is 3.20. The number of aryl methyl sites for hydroxylation is 1. The van der Waals surface area contributed by atoms with E-state index in [0.717, 1.165) is 17.2 Å². The zero-order valence-corrected chi connectivity index (χ0v) is 15.1. The molecule has 0 aliphatic heterocycles. The lowest BCUT2D eigenvalue weighted by Gasteiger charge is -2.23. The minimum absolute atomic E-state index is 0.511. The van der Waals surface area contributed by atoms with E-state index in [1.807, 2.05) is 31.2 Å². The standard InChI is InChI=1S/C19H26N4O2/c1-13-11-18(21-14-7-5-4-6-8-14)23-19(20-13)22-15-9-10-16(24-2)17(12-15)25-3/h9-12,14H,4-8H2,1-3H3,(H2,20,21,22,23). The molecule has 3 rings (SSSR count). The number of hydrogen-bond acceptors (Lipinski definition) is 6. The van der Waals surface area contributed by atoms with Crippen LogP contribution >= 0.6 is 0 Å². The Morgan fingerprint density at radius 1 is 0.960 bits per heavy atom. The lowest BCUT2D eigenvalue weighted by atomic mass is 9.95. The maximum atomic E-state index is 5.34. The van der Waals surface area contributed by atoms with E-state index in [9.17, 15) is 0 Å². The quantitative estimate of drug-likeness (QED) is 0.816. The SMILES string of the molecule is COc1ccc(Nc2nc(C)cc(NC3CCCCC3)n2)cc1OC. The molecule has 1 fully saturated rings. The van der Waals surface area contributed by atoms with Crippen LogP contribution in [0, 0.1) is 6.92 Å². The van der Waals surface area contributed by atoms with Crippen LogP contribution in [0.25, 0.3) is 0 Å². The van der Waals surface area contributed by atoms with E-state index in [-0.39, 0.29) is 0 Å². The molecule has 1 aliphatic carbocycles. The number of anilines is 3. The minimum atomic E-state index is 0.511. The molecule has 0 amide bonds. The molecule has 2 aromatic rings. The Morgan fingerprint density at radius 2 is 1.72 bits per heavy atom. The molecular formula is C19H26N4O2. The fourth-order valence-electron chi connectivity index (χ4n) is 3.20. The molecule has 0 atom stereocenters. The number of rotatable bonds is 6. The van der Waals surface area contributed by atoms with Gasteiger partial charge in [0.1, 0.15) is 5.82 Å². The van der Waals surface area contributed by atoms with E-state index >= 15 is 0 Å². The van der Waals surface area contributed by atoms with Crippen molar-refractivity contribution in [3.8, 4) is 11.5 Å². The van der Waals surface area contributed by atoms with Gasteiger partial charge >= 0.3 is 0 Å². The molecule has 1 saturated carbocycles. The van der Waals surface area contributed by atoms with Crippen LogP contribution < -0.4 is 20.1 Å². The van der Waals surface area contributed by atoms with Crippen molar-refractivity contribution in [2.45, 2.75) is 45.1 Å². The number of hydrogen-bond donors (Lipinski definition) is 2. The average molecular weight is 342 g/mol. The molecule has 25 heavy (non-hydrogen) atoms.